The van der Waals surface area contributed by atoms with Gasteiger partial charge in [-0.15, -0.1) is 5.10 Å². The topological polar surface area (TPSA) is 101 Å². The zero-order chi connectivity index (χ0) is 25.5. The molecule has 3 aliphatic rings. The molecule has 1 N–H and O–H groups in total. The number of benzene rings is 2. The summed E-state index contributed by atoms with van der Waals surface area (Å²) in [5.41, 5.74) is 2.46. The SMILES string of the molecule is O=c1[nH]c2cc3c(cc2cc1C(c1nnnn1C1CCCCC1)N1CCN(c2ccccc2)CC1)OCO3. The number of tetrazole rings is 1. The van der Waals surface area contributed by atoms with Crippen molar-refractivity contribution in [1.29, 1.82) is 0 Å². The highest BCUT2D eigenvalue weighted by Gasteiger charge is 2.34. The number of nitrogens with zero attached hydrogens (tertiary/aromatic N) is 6. The number of pyridine rings is 1. The van der Waals surface area contributed by atoms with Crippen LogP contribution >= 0.6 is 0 Å². The Kier molecular flexibility index (Phi) is 5.96. The molecule has 10 heteroatoms. The van der Waals surface area contributed by atoms with Crippen LogP contribution in [0.4, 0.5) is 5.69 Å². The number of piperazine rings is 1. The van der Waals surface area contributed by atoms with Gasteiger partial charge in [-0.2, -0.15) is 0 Å². The summed E-state index contributed by atoms with van der Waals surface area (Å²) in [5.74, 6) is 2.09. The molecule has 10 nitrogen and oxygen atoms in total. The minimum atomic E-state index is -0.358. The lowest BCUT2D eigenvalue weighted by molar-refractivity contribution is 0.174. The lowest BCUT2D eigenvalue weighted by atomic mass is 9.95. The van der Waals surface area contributed by atoms with E-state index in [0.29, 0.717) is 17.1 Å². The van der Waals surface area contributed by atoms with Crippen LogP contribution in [0.2, 0.25) is 0 Å². The number of hydrogen-bond acceptors (Lipinski definition) is 8. The number of H-pyrrole nitrogens is 1. The average Bonchev–Trinajstić information content (AvgIpc) is 3.63. The predicted octanol–water partition coefficient (Wildman–Crippen LogP) is 3.66. The van der Waals surface area contributed by atoms with Crippen molar-refractivity contribution in [2.75, 3.05) is 37.9 Å². The van der Waals surface area contributed by atoms with Crippen LogP contribution in [0.5, 0.6) is 11.5 Å². The summed E-state index contributed by atoms with van der Waals surface area (Å²) in [7, 11) is 0. The molecule has 0 amide bonds. The molecule has 2 aliphatic heterocycles. The highest BCUT2D eigenvalue weighted by Crippen LogP contribution is 2.37. The van der Waals surface area contributed by atoms with E-state index in [-0.39, 0.29) is 24.4 Å². The van der Waals surface area contributed by atoms with Gasteiger partial charge in [0.15, 0.2) is 17.3 Å². The van der Waals surface area contributed by atoms with E-state index in [4.69, 9.17) is 9.47 Å². The number of aromatic nitrogens is 5. The number of fused-ring (bicyclic) bond motifs is 2. The van der Waals surface area contributed by atoms with Gasteiger partial charge in [-0.1, -0.05) is 37.5 Å². The Hall–Kier alpha value is -3.92. The lowest BCUT2D eigenvalue weighted by Gasteiger charge is -2.40. The average molecular weight is 514 g/mol. The van der Waals surface area contributed by atoms with Crippen molar-refractivity contribution in [2.24, 2.45) is 0 Å². The second-order valence-corrected chi connectivity index (χ2v) is 10.4. The molecule has 0 bridgehead atoms. The van der Waals surface area contributed by atoms with Crippen LogP contribution < -0.4 is 19.9 Å². The fourth-order valence-corrected chi connectivity index (χ4v) is 6.16. The predicted molar refractivity (Wildman–Crippen MR) is 143 cm³/mol. The number of nitrogens with one attached hydrogen (secondary N) is 1. The molecule has 7 rings (SSSR count). The highest BCUT2D eigenvalue weighted by molar-refractivity contribution is 5.83. The zero-order valence-corrected chi connectivity index (χ0v) is 21.3. The van der Waals surface area contributed by atoms with E-state index >= 15 is 0 Å². The molecule has 1 saturated carbocycles. The van der Waals surface area contributed by atoms with Crippen LogP contribution in [0.25, 0.3) is 10.9 Å². The first-order valence-corrected chi connectivity index (χ1v) is 13.5. The Morgan fingerprint density at radius 2 is 1.68 bits per heavy atom. The van der Waals surface area contributed by atoms with Crippen LogP contribution in [0, 0.1) is 0 Å². The third-order valence-corrected chi connectivity index (χ3v) is 8.14. The largest absolute Gasteiger partial charge is 0.454 e. The molecule has 4 heterocycles. The van der Waals surface area contributed by atoms with Gasteiger partial charge in [0.25, 0.3) is 5.56 Å². The molecule has 2 aromatic carbocycles. The second kappa shape index (κ2) is 9.75. The van der Waals surface area contributed by atoms with Crippen LogP contribution in [0.15, 0.2) is 53.3 Å². The summed E-state index contributed by atoms with van der Waals surface area (Å²) >= 11 is 0. The van der Waals surface area contributed by atoms with Crippen molar-refractivity contribution in [2.45, 2.75) is 44.2 Å². The quantitative estimate of drug-likeness (QED) is 0.432. The smallest absolute Gasteiger partial charge is 0.253 e. The van der Waals surface area contributed by atoms with Gasteiger partial charge in [0.1, 0.15) is 6.04 Å². The number of aromatic amines is 1. The van der Waals surface area contributed by atoms with E-state index < -0.39 is 0 Å². The number of para-hydroxylation sites is 1. The molecule has 38 heavy (non-hydrogen) atoms. The van der Waals surface area contributed by atoms with Crippen LogP contribution in [0.3, 0.4) is 0 Å². The van der Waals surface area contributed by atoms with Gasteiger partial charge in [0.05, 0.1) is 11.6 Å². The van der Waals surface area contributed by atoms with E-state index in [2.05, 4.69) is 54.6 Å². The zero-order valence-electron chi connectivity index (χ0n) is 21.3. The minimum absolute atomic E-state index is 0.134. The summed E-state index contributed by atoms with van der Waals surface area (Å²) in [5, 5.41) is 14.0. The Morgan fingerprint density at radius 1 is 0.921 bits per heavy atom. The molecule has 1 aliphatic carbocycles. The Balaban J connectivity index is 1.29. The maximum atomic E-state index is 13.6. The van der Waals surface area contributed by atoms with Gasteiger partial charge in [0.2, 0.25) is 6.79 Å². The fraction of sp³-hybridized carbons (Fsp3) is 0.429. The highest BCUT2D eigenvalue weighted by atomic mass is 16.7. The molecule has 1 saturated heterocycles. The first-order chi connectivity index (χ1) is 18.7. The number of ether oxygens (including phenoxy) is 2. The molecule has 1 unspecified atom stereocenters. The molecule has 4 aromatic rings. The van der Waals surface area contributed by atoms with Crippen LogP contribution in [-0.2, 0) is 0 Å². The summed E-state index contributed by atoms with van der Waals surface area (Å²) in [4.78, 5) is 21.5. The number of rotatable bonds is 5. The van der Waals surface area contributed by atoms with E-state index in [1.165, 1.54) is 24.9 Å². The van der Waals surface area contributed by atoms with E-state index in [1.54, 1.807) is 0 Å². The minimum Gasteiger partial charge on any atom is -0.454 e. The van der Waals surface area contributed by atoms with Crippen molar-refractivity contribution >= 4 is 16.6 Å². The molecule has 0 radical (unpaired) electrons. The molecule has 2 fully saturated rings. The van der Waals surface area contributed by atoms with Gasteiger partial charge in [-0.05, 0) is 47.5 Å². The maximum absolute atomic E-state index is 13.6. The van der Waals surface area contributed by atoms with E-state index in [0.717, 1.165) is 55.7 Å². The Bertz CT molecular complexity index is 1490. The van der Waals surface area contributed by atoms with Gasteiger partial charge in [-0.25, -0.2) is 4.68 Å². The summed E-state index contributed by atoms with van der Waals surface area (Å²) < 4.78 is 13.1. The van der Waals surface area contributed by atoms with Crippen molar-refractivity contribution < 1.29 is 9.47 Å². The normalized spacial score (nSPS) is 19.2. The van der Waals surface area contributed by atoms with E-state index in [9.17, 15) is 4.79 Å². The van der Waals surface area contributed by atoms with Crippen molar-refractivity contribution in [3.63, 3.8) is 0 Å². The van der Waals surface area contributed by atoms with Gasteiger partial charge < -0.3 is 19.4 Å². The summed E-state index contributed by atoms with van der Waals surface area (Å²) in [6, 6.07) is 16.1. The van der Waals surface area contributed by atoms with Gasteiger partial charge in [0, 0.05) is 48.9 Å². The number of hydrogen-bond donors (Lipinski definition) is 1. The maximum Gasteiger partial charge on any atom is 0.253 e. The first kappa shape index (κ1) is 23.2. The monoisotopic (exact) mass is 513 g/mol. The van der Waals surface area contributed by atoms with Crippen molar-refractivity contribution in [1.82, 2.24) is 30.1 Å². The molecule has 2 aromatic heterocycles. The second-order valence-electron chi connectivity index (χ2n) is 10.4. The van der Waals surface area contributed by atoms with E-state index in [1.807, 2.05) is 28.9 Å². The van der Waals surface area contributed by atoms with Crippen molar-refractivity contribution in [3.8, 4) is 11.5 Å². The van der Waals surface area contributed by atoms with Gasteiger partial charge >= 0.3 is 0 Å². The molecule has 196 valence electrons. The molecule has 0 spiro atoms. The standard InChI is InChI=1S/C28H31N7O3/c36-28-22(15-19-16-24-25(38-18-37-24)17-23(19)29-28)26(27-30-31-32-35(27)21-9-5-2-6-10-21)34-13-11-33(12-14-34)20-7-3-1-4-8-20/h1,3-4,7-8,15-17,21,26H,2,5-6,9-14,18H2,(H,29,36). The molecular formula is C28H31N7O3. The van der Waals surface area contributed by atoms with Crippen LogP contribution in [0.1, 0.15) is 55.6 Å². The Morgan fingerprint density at radius 3 is 2.47 bits per heavy atom. The number of anilines is 1. The summed E-state index contributed by atoms with van der Waals surface area (Å²) in [6.45, 7) is 3.48. The van der Waals surface area contributed by atoms with Crippen molar-refractivity contribution in [3.05, 3.63) is 70.3 Å². The molecule has 1 atom stereocenters. The third-order valence-electron chi connectivity index (χ3n) is 8.14. The Labute approximate surface area is 220 Å². The molecular weight excluding hydrogens is 482 g/mol. The van der Waals surface area contributed by atoms with Crippen LogP contribution in [-0.4, -0.2) is 63.1 Å². The fourth-order valence-electron chi connectivity index (χ4n) is 6.16. The summed E-state index contributed by atoms with van der Waals surface area (Å²) in [6.07, 6.45) is 5.72. The first-order valence-electron chi connectivity index (χ1n) is 13.5. The third kappa shape index (κ3) is 4.18. The lowest BCUT2D eigenvalue weighted by Crippen LogP contribution is -2.49. The van der Waals surface area contributed by atoms with Gasteiger partial charge in [-0.3, -0.25) is 9.69 Å².